The van der Waals surface area contributed by atoms with E-state index in [0.29, 0.717) is 29.4 Å². The van der Waals surface area contributed by atoms with Crippen LogP contribution in [0.25, 0.3) is 0 Å². The van der Waals surface area contributed by atoms with Gasteiger partial charge in [0.1, 0.15) is 17.3 Å². The van der Waals surface area contributed by atoms with Gasteiger partial charge >= 0.3 is 0 Å². The predicted molar refractivity (Wildman–Crippen MR) is 127 cm³/mol. The zero-order valence-corrected chi connectivity index (χ0v) is 19.6. The Morgan fingerprint density at radius 1 is 1.17 bits per heavy atom. The van der Waals surface area contributed by atoms with Crippen molar-refractivity contribution in [3.05, 3.63) is 41.3 Å². The van der Waals surface area contributed by atoms with Gasteiger partial charge in [-0.3, -0.25) is 0 Å². The summed E-state index contributed by atoms with van der Waals surface area (Å²) < 4.78 is 0. The van der Waals surface area contributed by atoms with Gasteiger partial charge in [-0.25, -0.2) is 9.97 Å². The molecule has 0 saturated heterocycles. The second-order valence-electron chi connectivity index (χ2n) is 8.33. The largest absolute Gasteiger partial charge is 0.367 e. The molecule has 2 atom stereocenters. The van der Waals surface area contributed by atoms with Crippen LogP contribution in [0, 0.1) is 5.92 Å². The maximum absolute atomic E-state index is 11.0. The quantitative estimate of drug-likeness (QED) is 0.384. The molecule has 5 nitrogen and oxygen atoms in total. The van der Waals surface area contributed by atoms with Gasteiger partial charge in [-0.2, -0.15) is 0 Å². The molecule has 0 spiro atoms. The average molecular weight is 431 g/mol. The summed E-state index contributed by atoms with van der Waals surface area (Å²) in [6.45, 7) is 12.1. The van der Waals surface area contributed by atoms with Gasteiger partial charge in [0.15, 0.2) is 0 Å². The van der Waals surface area contributed by atoms with E-state index in [0.717, 1.165) is 49.0 Å². The average Bonchev–Trinajstić information content (AvgIpc) is 2.72. The lowest BCUT2D eigenvalue weighted by atomic mass is 9.96. The molecule has 0 fully saturated rings. The Morgan fingerprint density at radius 2 is 1.93 bits per heavy atom. The van der Waals surface area contributed by atoms with Gasteiger partial charge in [-0.15, -0.1) is 0 Å². The smallest absolute Gasteiger partial charge is 0.149 e. The molecule has 0 aliphatic rings. The van der Waals surface area contributed by atoms with Gasteiger partial charge in [0.2, 0.25) is 0 Å². The van der Waals surface area contributed by atoms with E-state index >= 15 is 0 Å². The zero-order chi connectivity index (χ0) is 22.1. The highest BCUT2D eigenvalue weighted by Gasteiger charge is 2.22. The number of halogens is 1. The van der Waals surface area contributed by atoms with E-state index in [2.05, 4.69) is 73.0 Å². The predicted octanol–water partition coefficient (Wildman–Crippen LogP) is 6.61. The van der Waals surface area contributed by atoms with Crippen LogP contribution in [0.1, 0.15) is 71.8 Å². The van der Waals surface area contributed by atoms with Crippen LogP contribution in [0.2, 0.25) is 5.15 Å². The van der Waals surface area contributed by atoms with Crippen LogP contribution in [-0.2, 0) is 4.79 Å². The fraction of sp³-hybridized carbons (Fsp3) is 0.542. The van der Waals surface area contributed by atoms with Crippen LogP contribution >= 0.6 is 11.6 Å². The lowest BCUT2D eigenvalue weighted by molar-refractivity contribution is -0.108. The number of carbonyl (C=O) groups is 1. The summed E-state index contributed by atoms with van der Waals surface area (Å²) in [7, 11) is 0. The Balaban J connectivity index is 2.52. The van der Waals surface area contributed by atoms with E-state index in [9.17, 15) is 4.79 Å². The molecule has 2 rings (SSSR count). The molecule has 2 unspecified atom stereocenters. The number of hydrogen-bond donors (Lipinski definition) is 1. The van der Waals surface area contributed by atoms with Gasteiger partial charge in [0, 0.05) is 19.0 Å². The number of benzene rings is 1. The van der Waals surface area contributed by atoms with Crippen LogP contribution in [0.5, 0.6) is 0 Å². The molecule has 0 aliphatic carbocycles. The third-order valence-corrected chi connectivity index (χ3v) is 5.52. The summed E-state index contributed by atoms with van der Waals surface area (Å²) in [6, 6.07) is 6.94. The van der Waals surface area contributed by atoms with E-state index in [1.54, 1.807) is 12.4 Å². The molecule has 0 bridgehead atoms. The summed E-state index contributed by atoms with van der Waals surface area (Å²) in [5, 5.41) is 3.81. The van der Waals surface area contributed by atoms with Gasteiger partial charge in [-0.1, -0.05) is 58.7 Å². The lowest BCUT2D eigenvalue weighted by Gasteiger charge is -2.36. The van der Waals surface area contributed by atoms with Gasteiger partial charge in [-0.05, 0) is 42.4 Å². The Hall–Kier alpha value is -2.14. The fourth-order valence-electron chi connectivity index (χ4n) is 3.76. The minimum Gasteiger partial charge on any atom is -0.367 e. The van der Waals surface area contributed by atoms with E-state index < -0.39 is 0 Å². The lowest BCUT2D eigenvalue weighted by Crippen LogP contribution is -2.38. The normalized spacial score (nSPS) is 13.2. The maximum atomic E-state index is 11.0. The van der Waals surface area contributed by atoms with Crippen molar-refractivity contribution in [2.24, 2.45) is 5.92 Å². The number of nitrogens with one attached hydrogen (secondary N) is 1. The Labute approximate surface area is 186 Å². The second-order valence-corrected chi connectivity index (χ2v) is 8.71. The third kappa shape index (κ3) is 6.69. The number of aldehydes is 1. The van der Waals surface area contributed by atoms with Crippen LogP contribution in [-0.4, -0.2) is 28.8 Å². The van der Waals surface area contributed by atoms with Gasteiger partial charge in [0.05, 0.1) is 23.8 Å². The molecule has 164 valence electrons. The first kappa shape index (κ1) is 24.1. The summed E-state index contributed by atoms with van der Waals surface area (Å²) in [6.07, 6.45) is 8.05. The number of nitrogens with zero attached hydrogens (tertiary/aromatic N) is 3. The van der Waals surface area contributed by atoms with Crippen LogP contribution in [0.3, 0.4) is 0 Å². The number of hydrogen-bond acceptors (Lipinski definition) is 5. The Bertz CT molecular complexity index is 794. The van der Waals surface area contributed by atoms with Crippen molar-refractivity contribution < 1.29 is 4.79 Å². The number of anilines is 3. The van der Waals surface area contributed by atoms with E-state index in [-0.39, 0.29) is 5.92 Å². The zero-order valence-electron chi connectivity index (χ0n) is 18.9. The molecule has 0 radical (unpaired) electrons. The molecule has 1 aromatic carbocycles. The van der Waals surface area contributed by atoms with Crippen molar-refractivity contribution in [2.75, 3.05) is 16.8 Å². The van der Waals surface area contributed by atoms with Gasteiger partial charge in [0.25, 0.3) is 0 Å². The Kier molecular flexibility index (Phi) is 9.57. The van der Waals surface area contributed by atoms with Crippen molar-refractivity contribution in [1.82, 2.24) is 9.97 Å². The van der Waals surface area contributed by atoms with Crippen molar-refractivity contribution in [2.45, 2.75) is 72.3 Å². The van der Waals surface area contributed by atoms with E-state index in [4.69, 9.17) is 11.6 Å². The number of aromatic nitrogens is 2. The van der Waals surface area contributed by atoms with E-state index in [1.807, 2.05) is 0 Å². The van der Waals surface area contributed by atoms with Crippen LogP contribution in [0.4, 0.5) is 17.2 Å². The summed E-state index contributed by atoms with van der Waals surface area (Å²) in [4.78, 5) is 22.1. The van der Waals surface area contributed by atoms with Crippen molar-refractivity contribution in [3.63, 3.8) is 0 Å². The number of rotatable bonds is 12. The van der Waals surface area contributed by atoms with Gasteiger partial charge < -0.3 is 15.0 Å². The molecule has 0 aliphatic heterocycles. The summed E-state index contributed by atoms with van der Waals surface area (Å²) in [5.74, 6) is 1.34. The maximum Gasteiger partial charge on any atom is 0.149 e. The molecule has 0 amide bonds. The highest BCUT2D eigenvalue weighted by Crippen LogP contribution is 2.35. The Morgan fingerprint density at radius 3 is 2.50 bits per heavy atom. The highest BCUT2D eigenvalue weighted by atomic mass is 35.5. The molecular formula is C24H35ClN4O. The SMILES string of the molecule is CCCC(CC)N(CC(C)C)c1ccc(C(C)CC=O)cc1Nc1cnc(Cl)cn1. The minimum absolute atomic E-state index is 0.157. The van der Waals surface area contributed by atoms with Crippen LogP contribution < -0.4 is 10.2 Å². The monoisotopic (exact) mass is 430 g/mol. The molecule has 0 saturated carbocycles. The minimum atomic E-state index is 0.157. The standard InChI is InChI=1S/C24H35ClN4O/c1-6-8-20(7-2)29(16-17(3)4)22-10-9-19(18(5)11-12-30)13-21(22)28-24-15-26-23(25)14-27-24/h9-10,12-15,17-18,20H,6-8,11,16H2,1-5H3,(H,27,28). The molecule has 1 N–H and O–H groups in total. The first-order valence-electron chi connectivity index (χ1n) is 11.0. The second kappa shape index (κ2) is 11.9. The first-order valence-corrected chi connectivity index (χ1v) is 11.4. The van der Waals surface area contributed by atoms with E-state index in [1.165, 1.54) is 0 Å². The van der Waals surface area contributed by atoms with Crippen molar-refractivity contribution >= 4 is 35.1 Å². The molecule has 6 heteroatoms. The molecule has 1 aromatic heterocycles. The highest BCUT2D eigenvalue weighted by molar-refractivity contribution is 6.29. The third-order valence-electron chi connectivity index (χ3n) is 5.33. The van der Waals surface area contributed by atoms with Crippen molar-refractivity contribution in [3.8, 4) is 0 Å². The summed E-state index contributed by atoms with van der Waals surface area (Å²) >= 11 is 5.91. The first-order chi connectivity index (χ1) is 14.4. The molecular weight excluding hydrogens is 396 g/mol. The number of carbonyl (C=O) groups excluding carboxylic acids is 1. The fourth-order valence-corrected chi connectivity index (χ4v) is 3.85. The molecule has 30 heavy (non-hydrogen) atoms. The summed E-state index contributed by atoms with van der Waals surface area (Å²) in [5.41, 5.74) is 3.27. The van der Waals surface area contributed by atoms with Crippen LogP contribution in [0.15, 0.2) is 30.6 Å². The molecule has 1 heterocycles. The topological polar surface area (TPSA) is 58.1 Å². The van der Waals surface area contributed by atoms with Crippen molar-refractivity contribution in [1.29, 1.82) is 0 Å². The molecule has 2 aromatic rings.